The van der Waals surface area contributed by atoms with Crippen LogP contribution in [-0.4, -0.2) is 105 Å². The highest BCUT2D eigenvalue weighted by Crippen LogP contribution is 2.64. The number of thiophene rings is 1. The predicted octanol–water partition coefficient (Wildman–Crippen LogP) is 3.80. The summed E-state index contributed by atoms with van der Waals surface area (Å²) in [6.45, 7) is 7.99. The van der Waals surface area contributed by atoms with Crippen LogP contribution in [-0.2, 0) is 42.9 Å². The number of rotatable bonds is 10. The number of carbonyl (C=O) groups excluding carboxylic acids is 6. The van der Waals surface area contributed by atoms with Crippen molar-refractivity contribution in [3.05, 3.63) is 105 Å². The Morgan fingerprint density at radius 2 is 1.56 bits per heavy atom. The second kappa shape index (κ2) is 16.2. The van der Waals surface area contributed by atoms with Crippen LogP contribution in [0.2, 0.25) is 0 Å². The molecule has 0 spiro atoms. The zero-order valence-electron chi connectivity index (χ0n) is 34.5. The number of ketones is 1. The number of esters is 4. The first-order valence-electron chi connectivity index (χ1n) is 19.9. The Morgan fingerprint density at radius 1 is 0.902 bits per heavy atom. The maximum Gasteiger partial charge on any atom is 0.339 e. The van der Waals surface area contributed by atoms with Gasteiger partial charge in [0.15, 0.2) is 23.6 Å². The molecule has 1 aromatic heterocycles. The number of Topliss-reactive ketones (excluding diaryl/α,β-unsaturated/α-hetero) is 1. The third kappa shape index (κ3) is 7.27. The van der Waals surface area contributed by atoms with E-state index in [-0.39, 0.29) is 35.3 Å². The van der Waals surface area contributed by atoms with Crippen LogP contribution in [0, 0.1) is 16.7 Å². The first-order chi connectivity index (χ1) is 28.8. The van der Waals surface area contributed by atoms with Gasteiger partial charge in [-0.25, -0.2) is 9.59 Å². The molecule has 3 aromatic rings. The molecule has 11 atom stereocenters. The van der Waals surface area contributed by atoms with Crippen LogP contribution in [0.3, 0.4) is 0 Å². The summed E-state index contributed by atoms with van der Waals surface area (Å²) in [6, 6.07) is 16.6. The molecule has 4 aliphatic rings. The van der Waals surface area contributed by atoms with Crippen LogP contribution in [0.15, 0.2) is 88.6 Å². The Morgan fingerprint density at radius 3 is 2.13 bits per heavy atom. The molecule has 16 heteroatoms. The third-order valence-corrected chi connectivity index (χ3v) is 13.9. The molecule has 7 rings (SSSR count). The van der Waals surface area contributed by atoms with Crippen molar-refractivity contribution in [1.29, 1.82) is 0 Å². The van der Waals surface area contributed by atoms with Gasteiger partial charge in [-0.3, -0.25) is 19.2 Å². The van der Waals surface area contributed by atoms with Gasteiger partial charge in [-0.15, -0.1) is 0 Å². The molecule has 1 aliphatic heterocycles. The van der Waals surface area contributed by atoms with E-state index in [1.54, 1.807) is 79.9 Å². The highest BCUT2D eigenvalue weighted by Gasteiger charge is 2.78. The molecule has 61 heavy (non-hydrogen) atoms. The molecular formula is C45H49NO14S. The first-order valence-corrected chi connectivity index (χ1v) is 20.9. The molecule has 1 amide bonds. The van der Waals surface area contributed by atoms with Gasteiger partial charge in [-0.2, -0.15) is 11.3 Å². The lowest BCUT2D eigenvalue weighted by Crippen LogP contribution is -2.82. The van der Waals surface area contributed by atoms with E-state index >= 15 is 4.79 Å². The molecule has 15 nitrogen and oxygen atoms in total. The second-order valence-electron chi connectivity index (χ2n) is 17.0. The van der Waals surface area contributed by atoms with Gasteiger partial charge in [0.1, 0.15) is 23.9 Å². The number of fused-ring (bicyclic) bond motifs is 5. The number of hydrogen-bond acceptors (Lipinski definition) is 15. The summed E-state index contributed by atoms with van der Waals surface area (Å²) in [5.41, 5.74) is -6.92. The van der Waals surface area contributed by atoms with Crippen LogP contribution in [0.1, 0.15) is 86.7 Å². The summed E-state index contributed by atoms with van der Waals surface area (Å²) in [7, 11) is 0. The van der Waals surface area contributed by atoms with Crippen molar-refractivity contribution < 1.29 is 67.8 Å². The summed E-state index contributed by atoms with van der Waals surface area (Å²) < 4.78 is 30.2. The Bertz CT molecular complexity index is 2240. The van der Waals surface area contributed by atoms with E-state index in [2.05, 4.69) is 5.32 Å². The standard InChI is InChI=1S/C45H49NO14S/c1-23-29(58-41(54)34(50)33(26-13-9-7-10-14-26)46-39(52)27-15-11-8-12-16-27)20-45(55)38(59-40(53)28-17-18-61-21-28)36-43(6,30(49)19-31-44(36,22-56-31)60-25(3)48)37(51)35(57-24(2)47)32(23)42(45,4)5/h7-18,21,29-31,33-36,38,49-50,55H,19-20,22H2,1-6H3,(H,46,52)/t29-,30-,31+,33-,34+,35+,36-,38-,43+,44-,45+/m0/s1. The summed E-state index contributed by atoms with van der Waals surface area (Å²) in [5.74, 6) is -6.78. The Balaban J connectivity index is 1.38. The van der Waals surface area contributed by atoms with Gasteiger partial charge in [0, 0.05) is 43.0 Å². The van der Waals surface area contributed by atoms with E-state index in [9.17, 15) is 39.3 Å². The predicted molar refractivity (Wildman–Crippen MR) is 216 cm³/mol. The molecule has 0 unspecified atom stereocenters. The molecule has 0 radical (unpaired) electrons. The van der Waals surface area contributed by atoms with Crippen LogP contribution in [0.4, 0.5) is 0 Å². The van der Waals surface area contributed by atoms with Gasteiger partial charge in [0.25, 0.3) is 5.91 Å². The summed E-state index contributed by atoms with van der Waals surface area (Å²) in [6.07, 6.45) is -10.4. The molecule has 4 N–H and O–H groups in total. The minimum absolute atomic E-state index is 0.00251. The van der Waals surface area contributed by atoms with Crippen molar-refractivity contribution in [1.82, 2.24) is 5.32 Å². The zero-order valence-corrected chi connectivity index (χ0v) is 35.3. The number of carbonyl (C=O) groups is 6. The number of ether oxygens (including phenoxy) is 5. The number of nitrogens with one attached hydrogen (secondary N) is 1. The minimum Gasteiger partial charge on any atom is -0.456 e. The van der Waals surface area contributed by atoms with Crippen LogP contribution in [0.5, 0.6) is 0 Å². The normalized spacial score (nSPS) is 32.2. The number of aliphatic hydroxyl groups excluding tert-OH is 2. The van der Waals surface area contributed by atoms with Crippen molar-refractivity contribution in [3.8, 4) is 0 Å². The molecule has 2 saturated carbocycles. The number of aliphatic hydroxyl groups is 3. The average molecular weight is 860 g/mol. The van der Waals surface area contributed by atoms with Crippen molar-refractivity contribution in [2.45, 2.75) is 108 Å². The van der Waals surface area contributed by atoms with Crippen LogP contribution >= 0.6 is 11.3 Å². The lowest BCUT2D eigenvalue weighted by Gasteiger charge is -2.67. The van der Waals surface area contributed by atoms with Crippen LogP contribution in [0.25, 0.3) is 0 Å². The van der Waals surface area contributed by atoms with Gasteiger partial charge in [0.2, 0.25) is 0 Å². The molecule has 324 valence electrons. The monoisotopic (exact) mass is 859 g/mol. The minimum atomic E-state index is -2.38. The van der Waals surface area contributed by atoms with Crippen molar-refractivity contribution >= 4 is 46.9 Å². The van der Waals surface area contributed by atoms with Gasteiger partial charge < -0.3 is 44.3 Å². The van der Waals surface area contributed by atoms with E-state index in [0.717, 1.165) is 13.8 Å². The molecule has 1 saturated heterocycles. The van der Waals surface area contributed by atoms with E-state index in [1.807, 2.05) is 0 Å². The Hall–Kier alpha value is -5.26. The second-order valence-corrected chi connectivity index (χ2v) is 17.8. The van der Waals surface area contributed by atoms with E-state index in [1.165, 1.54) is 36.6 Å². The lowest BCUT2D eigenvalue weighted by molar-refractivity contribution is -0.346. The van der Waals surface area contributed by atoms with Crippen LogP contribution < -0.4 is 5.32 Å². The molecule has 2 heterocycles. The van der Waals surface area contributed by atoms with Gasteiger partial charge >= 0.3 is 23.9 Å². The van der Waals surface area contributed by atoms with E-state index in [4.69, 9.17) is 23.7 Å². The van der Waals surface area contributed by atoms with Gasteiger partial charge in [0.05, 0.1) is 35.6 Å². The SMILES string of the molecule is CC(=O)O[C@H]1C(=O)[C@@]2(C)[C@H]([C@H](OC(=O)c3ccsc3)[C@]3(O)C[C@H](OC(=O)[C@H](O)[C@@H](NC(=O)c4ccccc4)c4ccccc4)C(C)=C1C3(C)C)[C@]1(OC(C)=O)CO[C@@H]1C[C@@H]2O. The summed E-state index contributed by atoms with van der Waals surface area (Å²) in [5, 5.41) is 43.3. The highest BCUT2D eigenvalue weighted by molar-refractivity contribution is 7.08. The smallest absolute Gasteiger partial charge is 0.339 e. The van der Waals surface area contributed by atoms with Gasteiger partial charge in [-0.05, 0) is 54.1 Å². The molecule has 3 fully saturated rings. The van der Waals surface area contributed by atoms with E-state index in [0.29, 0.717) is 5.56 Å². The van der Waals surface area contributed by atoms with Crippen molar-refractivity contribution in [2.75, 3.05) is 6.61 Å². The third-order valence-electron chi connectivity index (χ3n) is 13.2. The number of benzene rings is 2. The van der Waals surface area contributed by atoms with Crippen molar-refractivity contribution in [3.63, 3.8) is 0 Å². The number of hydrogen-bond donors (Lipinski definition) is 4. The Labute approximate surface area is 356 Å². The first kappa shape index (κ1) is 43.8. The maximum absolute atomic E-state index is 15.4. The lowest BCUT2D eigenvalue weighted by atomic mass is 9.44. The summed E-state index contributed by atoms with van der Waals surface area (Å²) >= 11 is 1.21. The largest absolute Gasteiger partial charge is 0.456 e. The highest BCUT2D eigenvalue weighted by atomic mass is 32.1. The fourth-order valence-electron chi connectivity index (χ4n) is 9.99. The number of amides is 1. The summed E-state index contributed by atoms with van der Waals surface area (Å²) in [4.78, 5) is 83.2. The molecule has 3 aliphatic carbocycles. The topological polar surface area (TPSA) is 221 Å². The Kier molecular flexibility index (Phi) is 11.6. The van der Waals surface area contributed by atoms with Crippen molar-refractivity contribution in [2.24, 2.45) is 16.7 Å². The molecular weight excluding hydrogens is 811 g/mol. The van der Waals surface area contributed by atoms with E-state index < -0.39 is 113 Å². The average Bonchev–Trinajstić information content (AvgIpc) is 3.77. The fourth-order valence-corrected chi connectivity index (χ4v) is 10.6. The molecule has 2 bridgehead atoms. The zero-order chi connectivity index (χ0) is 44.2. The van der Waals surface area contributed by atoms with Gasteiger partial charge in [-0.1, -0.05) is 62.4 Å². The fraction of sp³-hybridized carbons (Fsp3) is 0.467. The molecule has 2 aromatic carbocycles. The quantitative estimate of drug-likeness (QED) is 0.130. The maximum atomic E-state index is 15.4.